The Morgan fingerprint density at radius 3 is 1.97 bits per heavy atom. The van der Waals surface area contributed by atoms with E-state index >= 15 is 0 Å². The van der Waals surface area contributed by atoms with Crippen LogP contribution in [0.15, 0.2) is 106 Å². The number of sulfonamides is 1. The molecule has 2 N–H and O–H groups in total. The van der Waals surface area contributed by atoms with Crippen molar-refractivity contribution in [3.05, 3.63) is 119 Å². The molecule has 37 heavy (non-hydrogen) atoms. The Morgan fingerprint density at radius 2 is 1.38 bits per heavy atom. The molecule has 0 bridgehead atoms. The first-order valence-corrected chi connectivity index (χ1v) is 13.2. The van der Waals surface area contributed by atoms with E-state index in [4.69, 9.17) is 4.52 Å². The third-order valence-corrected chi connectivity index (χ3v) is 7.73. The molecule has 5 aromatic rings. The highest BCUT2D eigenvalue weighted by atomic mass is 32.2. The minimum absolute atomic E-state index is 0.0669. The zero-order chi connectivity index (χ0) is 26.0. The standard InChI is InChI=1S/C29H25N3O4S/c1-19-20(2)31-36-29(19)32-37(34,35)26-18-10-15-23-24(26)16-9-17-25(23)30-28(33)27(21-11-5-3-6-12-21)22-13-7-4-8-14-22/h3-18,27,32H,1-2H3,(H,30,33). The summed E-state index contributed by atoms with van der Waals surface area (Å²) in [6.07, 6.45) is 0. The molecule has 0 unspecified atom stereocenters. The first kappa shape index (κ1) is 24.3. The van der Waals surface area contributed by atoms with Crippen LogP contribution in [-0.2, 0) is 14.8 Å². The summed E-state index contributed by atoms with van der Waals surface area (Å²) >= 11 is 0. The molecule has 0 aliphatic carbocycles. The van der Waals surface area contributed by atoms with E-state index in [1.165, 1.54) is 6.07 Å². The average molecular weight is 512 g/mol. The Balaban J connectivity index is 1.52. The third kappa shape index (κ3) is 4.83. The fraction of sp³-hybridized carbons (Fsp3) is 0.103. The topological polar surface area (TPSA) is 101 Å². The van der Waals surface area contributed by atoms with E-state index in [-0.39, 0.29) is 16.7 Å². The Bertz CT molecular complexity index is 1640. The van der Waals surface area contributed by atoms with Gasteiger partial charge in [-0.1, -0.05) is 90.1 Å². The summed E-state index contributed by atoms with van der Waals surface area (Å²) in [5.74, 6) is -0.680. The van der Waals surface area contributed by atoms with Crippen LogP contribution in [0.2, 0.25) is 0 Å². The number of aromatic nitrogens is 1. The molecule has 0 radical (unpaired) electrons. The fourth-order valence-electron chi connectivity index (χ4n) is 4.30. The van der Waals surface area contributed by atoms with E-state index in [2.05, 4.69) is 15.2 Å². The molecule has 8 heteroatoms. The molecule has 1 heterocycles. The predicted molar refractivity (Wildman–Crippen MR) is 144 cm³/mol. The number of carbonyl (C=O) groups excluding carboxylic acids is 1. The molecule has 5 rings (SSSR count). The van der Waals surface area contributed by atoms with E-state index in [1.54, 1.807) is 44.2 Å². The van der Waals surface area contributed by atoms with Crippen LogP contribution in [0, 0.1) is 13.8 Å². The van der Waals surface area contributed by atoms with E-state index in [0.717, 1.165) is 11.1 Å². The van der Waals surface area contributed by atoms with Crippen molar-refractivity contribution in [2.75, 3.05) is 10.0 Å². The van der Waals surface area contributed by atoms with Crippen molar-refractivity contribution in [3.8, 4) is 0 Å². The number of hydrogen-bond donors (Lipinski definition) is 2. The molecule has 0 atom stereocenters. The van der Waals surface area contributed by atoms with Crippen molar-refractivity contribution in [1.82, 2.24) is 5.16 Å². The third-order valence-electron chi connectivity index (χ3n) is 6.34. The maximum Gasteiger partial charge on any atom is 0.264 e. The second-order valence-electron chi connectivity index (χ2n) is 8.73. The smallest absolute Gasteiger partial charge is 0.264 e. The van der Waals surface area contributed by atoms with Crippen molar-refractivity contribution in [2.45, 2.75) is 24.7 Å². The highest BCUT2D eigenvalue weighted by Crippen LogP contribution is 2.32. The lowest BCUT2D eigenvalue weighted by atomic mass is 9.90. The number of hydrogen-bond acceptors (Lipinski definition) is 5. The number of fused-ring (bicyclic) bond motifs is 1. The van der Waals surface area contributed by atoms with Crippen LogP contribution >= 0.6 is 0 Å². The Hall–Kier alpha value is -4.43. The van der Waals surface area contributed by atoms with E-state index in [9.17, 15) is 13.2 Å². The van der Waals surface area contributed by atoms with Gasteiger partial charge in [0, 0.05) is 22.0 Å². The summed E-state index contributed by atoms with van der Waals surface area (Å²) in [5.41, 5.74) is 3.45. The molecule has 186 valence electrons. The van der Waals surface area contributed by atoms with Gasteiger partial charge >= 0.3 is 0 Å². The summed E-state index contributed by atoms with van der Waals surface area (Å²) in [7, 11) is -3.99. The molecular weight excluding hydrogens is 486 g/mol. The van der Waals surface area contributed by atoms with Crippen LogP contribution in [0.25, 0.3) is 10.8 Å². The second kappa shape index (κ2) is 9.91. The fourth-order valence-corrected chi connectivity index (χ4v) is 5.57. The van der Waals surface area contributed by atoms with Crippen LogP contribution in [0.3, 0.4) is 0 Å². The molecular formula is C29H25N3O4S. The van der Waals surface area contributed by atoms with Crippen molar-refractivity contribution in [2.24, 2.45) is 0 Å². The van der Waals surface area contributed by atoms with E-state index in [1.807, 2.05) is 60.7 Å². The normalized spacial score (nSPS) is 11.5. The number of benzene rings is 4. The number of nitrogens with zero attached hydrogens (tertiary/aromatic N) is 1. The van der Waals surface area contributed by atoms with Crippen LogP contribution < -0.4 is 10.0 Å². The largest absolute Gasteiger partial charge is 0.337 e. The summed E-state index contributed by atoms with van der Waals surface area (Å²) in [4.78, 5) is 13.7. The average Bonchev–Trinajstić information content (AvgIpc) is 3.21. The summed E-state index contributed by atoms with van der Waals surface area (Å²) in [6, 6.07) is 29.3. The highest BCUT2D eigenvalue weighted by Gasteiger charge is 2.25. The minimum Gasteiger partial charge on any atom is -0.337 e. The number of nitrogens with one attached hydrogen (secondary N) is 2. The van der Waals surface area contributed by atoms with Gasteiger partial charge < -0.3 is 9.84 Å². The minimum atomic E-state index is -3.99. The van der Waals surface area contributed by atoms with Gasteiger partial charge in [0.05, 0.1) is 16.5 Å². The summed E-state index contributed by atoms with van der Waals surface area (Å²) in [6.45, 7) is 3.47. The SMILES string of the molecule is Cc1noc(NS(=O)(=O)c2cccc3c(NC(=O)C(c4ccccc4)c4ccccc4)cccc23)c1C. The molecule has 4 aromatic carbocycles. The van der Waals surface area contributed by atoms with Crippen LogP contribution in [-0.4, -0.2) is 19.5 Å². The van der Waals surface area contributed by atoms with Gasteiger partial charge in [0.25, 0.3) is 10.0 Å². The summed E-state index contributed by atoms with van der Waals surface area (Å²) < 4.78 is 34.3. The molecule has 0 aliphatic heterocycles. The lowest BCUT2D eigenvalue weighted by Gasteiger charge is -2.19. The van der Waals surface area contributed by atoms with Gasteiger partial charge in [-0.25, -0.2) is 13.1 Å². The molecule has 0 saturated carbocycles. The van der Waals surface area contributed by atoms with Gasteiger partial charge in [-0.2, -0.15) is 0 Å². The Kier molecular flexibility index (Phi) is 6.50. The molecule has 0 fully saturated rings. The Morgan fingerprint density at radius 1 is 0.784 bits per heavy atom. The lowest BCUT2D eigenvalue weighted by molar-refractivity contribution is -0.116. The lowest BCUT2D eigenvalue weighted by Crippen LogP contribution is -2.22. The maximum atomic E-state index is 13.7. The van der Waals surface area contributed by atoms with Gasteiger partial charge in [0.15, 0.2) is 0 Å². The second-order valence-corrected chi connectivity index (χ2v) is 10.4. The van der Waals surface area contributed by atoms with Gasteiger partial charge in [0.1, 0.15) is 0 Å². The molecule has 1 amide bonds. The van der Waals surface area contributed by atoms with E-state index in [0.29, 0.717) is 27.7 Å². The number of amides is 1. The zero-order valence-corrected chi connectivity index (χ0v) is 21.1. The highest BCUT2D eigenvalue weighted by molar-refractivity contribution is 7.93. The van der Waals surface area contributed by atoms with Crippen molar-refractivity contribution in [3.63, 3.8) is 0 Å². The number of carbonyl (C=O) groups is 1. The number of anilines is 2. The molecule has 1 aromatic heterocycles. The van der Waals surface area contributed by atoms with Crippen molar-refractivity contribution >= 4 is 38.3 Å². The van der Waals surface area contributed by atoms with Gasteiger partial charge in [-0.3, -0.25) is 4.79 Å². The quantitative estimate of drug-likeness (QED) is 0.278. The number of aryl methyl sites for hydroxylation is 1. The maximum absolute atomic E-state index is 13.7. The first-order chi connectivity index (χ1) is 17.8. The predicted octanol–water partition coefficient (Wildman–Crippen LogP) is 6.02. The molecule has 7 nitrogen and oxygen atoms in total. The van der Waals surface area contributed by atoms with Crippen molar-refractivity contribution < 1.29 is 17.7 Å². The van der Waals surface area contributed by atoms with Crippen molar-refractivity contribution in [1.29, 1.82) is 0 Å². The first-order valence-electron chi connectivity index (χ1n) is 11.7. The van der Waals surface area contributed by atoms with Crippen LogP contribution in [0.5, 0.6) is 0 Å². The van der Waals surface area contributed by atoms with Crippen LogP contribution in [0.4, 0.5) is 11.6 Å². The van der Waals surface area contributed by atoms with E-state index < -0.39 is 15.9 Å². The van der Waals surface area contributed by atoms with Gasteiger partial charge in [0.2, 0.25) is 11.8 Å². The molecule has 0 spiro atoms. The Labute approximate surface area is 215 Å². The molecule has 0 aliphatic rings. The monoisotopic (exact) mass is 511 g/mol. The van der Waals surface area contributed by atoms with Gasteiger partial charge in [-0.15, -0.1) is 0 Å². The van der Waals surface area contributed by atoms with Crippen LogP contribution in [0.1, 0.15) is 28.3 Å². The van der Waals surface area contributed by atoms with Gasteiger partial charge in [-0.05, 0) is 37.1 Å². The summed E-state index contributed by atoms with van der Waals surface area (Å²) in [5, 5.41) is 7.93. The molecule has 0 saturated heterocycles. The zero-order valence-electron chi connectivity index (χ0n) is 20.3. The number of rotatable bonds is 7.